The molecule has 0 bridgehead atoms. The third-order valence-corrected chi connectivity index (χ3v) is 4.05. The molecule has 1 N–H and O–H groups in total. The molecule has 1 aliphatic heterocycles. The summed E-state index contributed by atoms with van der Waals surface area (Å²) in [7, 11) is 0. The van der Waals surface area contributed by atoms with Crippen molar-refractivity contribution in [3.8, 4) is 11.7 Å². The normalized spacial score (nSPS) is 18.1. The van der Waals surface area contributed by atoms with E-state index in [2.05, 4.69) is 4.98 Å². The zero-order valence-corrected chi connectivity index (χ0v) is 12.8. The van der Waals surface area contributed by atoms with Crippen LogP contribution in [-0.2, 0) is 16.0 Å². The minimum absolute atomic E-state index is 0.0276. The third-order valence-electron chi connectivity index (χ3n) is 4.05. The largest absolute Gasteiger partial charge is 0.480 e. The number of hydrogen-bond donors (Lipinski definition) is 1. The standard InChI is InChI=1S/C16H18N2O5/c1-10-11(17-15(23-10)13-6-4-8-22-13)9-14(19)18-7-3-2-5-12(18)16(20)21/h4,6,8,12H,2-3,5,7,9H2,1H3,(H,20,21)/t12-/m0/s1. The summed E-state index contributed by atoms with van der Waals surface area (Å²) in [6.07, 6.45) is 3.69. The SMILES string of the molecule is Cc1oc(-c2ccco2)nc1CC(=O)N1CCCC[C@H]1C(=O)O. The Labute approximate surface area is 132 Å². The van der Waals surface area contributed by atoms with Gasteiger partial charge in [0.05, 0.1) is 18.4 Å². The minimum atomic E-state index is -0.953. The summed E-state index contributed by atoms with van der Waals surface area (Å²) < 4.78 is 10.8. The van der Waals surface area contributed by atoms with E-state index in [1.165, 1.54) is 11.2 Å². The van der Waals surface area contributed by atoms with Gasteiger partial charge in [-0.1, -0.05) is 0 Å². The lowest BCUT2D eigenvalue weighted by Crippen LogP contribution is -2.48. The molecule has 3 heterocycles. The Hall–Kier alpha value is -2.57. The maximum atomic E-state index is 12.5. The molecule has 1 atom stereocenters. The molecule has 1 amide bonds. The molecule has 0 aliphatic carbocycles. The van der Waals surface area contributed by atoms with E-state index in [4.69, 9.17) is 8.83 Å². The zero-order chi connectivity index (χ0) is 16.4. The molecule has 2 aromatic rings. The second-order valence-electron chi connectivity index (χ2n) is 5.61. The summed E-state index contributed by atoms with van der Waals surface area (Å²) in [5.41, 5.74) is 0.510. The van der Waals surface area contributed by atoms with E-state index in [1.54, 1.807) is 19.1 Å². The van der Waals surface area contributed by atoms with Gasteiger partial charge < -0.3 is 18.8 Å². The molecule has 7 heteroatoms. The average Bonchev–Trinajstić information content (AvgIpc) is 3.17. The number of carbonyl (C=O) groups is 2. The fourth-order valence-corrected chi connectivity index (χ4v) is 2.83. The van der Waals surface area contributed by atoms with Gasteiger partial charge in [0.25, 0.3) is 5.89 Å². The molecule has 122 valence electrons. The van der Waals surface area contributed by atoms with Crippen molar-refractivity contribution in [2.24, 2.45) is 0 Å². The van der Waals surface area contributed by atoms with Crippen LogP contribution in [0.2, 0.25) is 0 Å². The monoisotopic (exact) mass is 318 g/mol. The lowest BCUT2D eigenvalue weighted by Gasteiger charge is -2.32. The number of likely N-dealkylation sites (tertiary alicyclic amines) is 1. The maximum absolute atomic E-state index is 12.5. The zero-order valence-electron chi connectivity index (χ0n) is 12.8. The number of carboxylic acid groups (broad SMARTS) is 1. The third kappa shape index (κ3) is 3.13. The Morgan fingerprint density at radius 1 is 1.43 bits per heavy atom. The first-order chi connectivity index (χ1) is 11.1. The van der Waals surface area contributed by atoms with Crippen LogP contribution in [0.1, 0.15) is 30.7 Å². The van der Waals surface area contributed by atoms with Gasteiger partial charge in [-0.3, -0.25) is 4.79 Å². The number of rotatable bonds is 4. The van der Waals surface area contributed by atoms with Crippen LogP contribution in [-0.4, -0.2) is 39.5 Å². The Bertz CT molecular complexity index is 704. The maximum Gasteiger partial charge on any atom is 0.326 e. The molecule has 7 nitrogen and oxygen atoms in total. The first-order valence-corrected chi connectivity index (χ1v) is 7.58. The number of amides is 1. The number of aromatic nitrogens is 1. The predicted octanol–water partition coefficient (Wildman–Crippen LogP) is 2.25. The summed E-state index contributed by atoms with van der Waals surface area (Å²) in [6, 6.07) is 2.71. The summed E-state index contributed by atoms with van der Waals surface area (Å²) in [6.45, 7) is 2.20. The highest BCUT2D eigenvalue weighted by Gasteiger charge is 2.32. The van der Waals surface area contributed by atoms with Gasteiger partial charge in [-0.15, -0.1) is 0 Å². The van der Waals surface area contributed by atoms with Gasteiger partial charge in [0.2, 0.25) is 5.91 Å². The second-order valence-corrected chi connectivity index (χ2v) is 5.61. The van der Waals surface area contributed by atoms with E-state index in [0.717, 1.165) is 12.8 Å². The van der Waals surface area contributed by atoms with E-state index in [-0.39, 0.29) is 12.3 Å². The number of carbonyl (C=O) groups excluding carboxylic acids is 1. The molecule has 0 unspecified atom stereocenters. The summed E-state index contributed by atoms with van der Waals surface area (Å²) in [4.78, 5) is 29.5. The van der Waals surface area contributed by atoms with Crippen molar-refractivity contribution in [3.05, 3.63) is 29.9 Å². The number of furan rings is 1. The van der Waals surface area contributed by atoms with E-state index in [0.29, 0.717) is 36.1 Å². The van der Waals surface area contributed by atoms with Gasteiger partial charge in [-0.2, -0.15) is 0 Å². The number of aliphatic carboxylic acids is 1. The Kier molecular flexibility index (Phi) is 4.18. The molecular formula is C16H18N2O5. The smallest absolute Gasteiger partial charge is 0.326 e. The van der Waals surface area contributed by atoms with Gasteiger partial charge >= 0.3 is 5.97 Å². The van der Waals surface area contributed by atoms with Gasteiger partial charge in [0.1, 0.15) is 11.8 Å². The van der Waals surface area contributed by atoms with Crippen molar-refractivity contribution in [3.63, 3.8) is 0 Å². The van der Waals surface area contributed by atoms with E-state index < -0.39 is 12.0 Å². The molecule has 1 fully saturated rings. The Balaban J connectivity index is 1.76. The molecule has 0 spiro atoms. The van der Waals surface area contributed by atoms with E-state index >= 15 is 0 Å². The number of nitrogens with zero attached hydrogens (tertiary/aromatic N) is 2. The predicted molar refractivity (Wildman–Crippen MR) is 79.6 cm³/mol. The van der Waals surface area contributed by atoms with Crippen molar-refractivity contribution >= 4 is 11.9 Å². The lowest BCUT2D eigenvalue weighted by molar-refractivity contribution is -0.151. The van der Waals surface area contributed by atoms with Crippen molar-refractivity contribution in [2.45, 2.75) is 38.6 Å². The number of oxazole rings is 1. The molecule has 0 radical (unpaired) electrons. The number of hydrogen-bond acceptors (Lipinski definition) is 5. The van der Waals surface area contributed by atoms with Crippen molar-refractivity contribution < 1.29 is 23.5 Å². The van der Waals surface area contributed by atoms with Crippen molar-refractivity contribution in [1.29, 1.82) is 0 Å². The lowest BCUT2D eigenvalue weighted by atomic mass is 10.0. The summed E-state index contributed by atoms with van der Waals surface area (Å²) in [5, 5.41) is 9.27. The van der Waals surface area contributed by atoms with Crippen LogP contribution in [0.4, 0.5) is 0 Å². The Morgan fingerprint density at radius 2 is 2.26 bits per heavy atom. The van der Waals surface area contributed by atoms with Crippen LogP contribution in [0.3, 0.4) is 0 Å². The highest BCUT2D eigenvalue weighted by Crippen LogP contribution is 2.24. The van der Waals surface area contributed by atoms with Crippen molar-refractivity contribution in [2.75, 3.05) is 6.54 Å². The van der Waals surface area contributed by atoms with Gasteiger partial charge in [-0.25, -0.2) is 9.78 Å². The quantitative estimate of drug-likeness (QED) is 0.928. The first kappa shape index (κ1) is 15.3. The van der Waals surface area contributed by atoms with E-state index in [1.807, 2.05) is 0 Å². The number of carboxylic acids is 1. The summed E-state index contributed by atoms with van der Waals surface area (Å²) in [5.74, 6) is 0.163. The number of aryl methyl sites for hydroxylation is 1. The highest BCUT2D eigenvalue weighted by molar-refractivity contribution is 5.85. The van der Waals surface area contributed by atoms with Gasteiger partial charge in [0, 0.05) is 6.54 Å². The van der Waals surface area contributed by atoms with E-state index in [9.17, 15) is 14.7 Å². The van der Waals surface area contributed by atoms with Crippen molar-refractivity contribution in [1.82, 2.24) is 9.88 Å². The fraction of sp³-hybridized carbons (Fsp3) is 0.438. The molecule has 0 saturated carbocycles. The van der Waals surface area contributed by atoms with Crippen LogP contribution in [0.25, 0.3) is 11.7 Å². The molecule has 23 heavy (non-hydrogen) atoms. The van der Waals surface area contributed by atoms with Crippen LogP contribution in [0.5, 0.6) is 0 Å². The molecule has 0 aromatic carbocycles. The fourth-order valence-electron chi connectivity index (χ4n) is 2.83. The van der Waals surface area contributed by atoms with Crippen LogP contribution in [0.15, 0.2) is 27.2 Å². The highest BCUT2D eigenvalue weighted by atomic mass is 16.4. The topological polar surface area (TPSA) is 96.8 Å². The second kappa shape index (κ2) is 6.28. The van der Waals surface area contributed by atoms with Crippen LogP contribution >= 0.6 is 0 Å². The number of piperidine rings is 1. The first-order valence-electron chi connectivity index (χ1n) is 7.58. The van der Waals surface area contributed by atoms with Gasteiger partial charge in [-0.05, 0) is 38.3 Å². The summed E-state index contributed by atoms with van der Waals surface area (Å²) >= 11 is 0. The minimum Gasteiger partial charge on any atom is -0.480 e. The van der Waals surface area contributed by atoms with Crippen LogP contribution in [0, 0.1) is 6.92 Å². The molecule has 3 rings (SSSR count). The Morgan fingerprint density at radius 3 is 2.96 bits per heavy atom. The average molecular weight is 318 g/mol. The molecular weight excluding hydrogens is 300 g/mol. The molecule has 1 saturated heterocycles. The molecule has 1 aliphatic rings. The van der Waals surface area contributed by atoms with Gasteiger partial charge in [0.15, 0.2) is 5.76 Å². The molecule has 2 aromatic heterocycles. The van der Waals surface area contributed by atoms with Crippen LogP contribution < -0.4 is 0 Å².